The molecular formula is C18H17ClF3NO2. The number of hydrogen-bond acceptors (Lipinski definition) is 3. The van der Waals surface area contributed by atoms with E-state index in [1.165, 1.54) is 24.3 Å². The minimum absolute atomic E-state index is 0.332. The zero-order valence-corrected chi connectivity index (χ0v) is 14.2. The van der Waals surface area contributed by atoms with E-state index < -0.39 is 17.4 Å². The van der Waals surface area contributed by atoms with Crippen LogP contribution in [0.15, 0.2) is 48.5 Å². The molecule has 0 bridgehead atoms. The predicted molar refractivity (Wildman–Crippen MR) is 88.6 cm³/mol. The first-order chi connectivity index (χ1) is 11.6. The van der Waals surface area contributed by atoms with Crippen molar-refractivity contribution in [2.24, 2.45) is 5.41 Å². The van der Waals surface area contributed by atoms with E-state index in [-0.39, 0.29) is 5.75 Å². The molecular weight excluding hydrogens is 355 g/mol. The molecule has 0 saturated carbocycles. The first-order valence-electron chi connectivity index (χ1n) is 7.69. The Bertz CT molecular complexity index is 760. The van der Waals surface area contributed by atoms with Crippen molar-refractivity contribution < 1.29 is 23.0 Å². The highest BCUT2D eigenvalue weighted by Gasteiger charge is 2.53. The van der Waals surface area contributed by atoms with Gasteiger partial charge >= 0.3 is 6.36 Å². The molecule has 1 aliphatic heterocycles. The molecule has 0 spiro atoms. The molecule has 0 aliphatic carbocycles. The van der Waals surface area contributed by atoms with Crippen LogP contribution in [0, 0.1) is 5.41 Å². The Labute approximate surface area is 148 Å². The van der Waals surface area contributed by atoms with Gasteiger partial charge < -0.3 is 15.2 Å². The van der Waals surface area contributed by atoms with Gasteiger partial charge in [-0.25, -0.2) is 0 Å². The fourth-order valence-electron chi connectivity index (χ4n) is 3.23. The summed E-state index contributed by atoms with van der Waals surface area (Å²) in [4.78, 5) is 0. The summed E-state index contributed by atoms with van der Waals surface area (Å²) in [5, 5.41) is 15.2. The Morgan fingerprint density at radius 3 is 2.20 bits per heavy atom. The molecule has 2 N–H and O–H groups in total. The van der Waals surface area contributed by atoms with Gasteiger partial charge in [-0.3, -0.25) is 0 Å². The number of rotatable bonds is 4. The Morgan fingerprint density at radius 1 is 1.08 bits per heavy atom. The first kappa shape index (κ1) is 18.0. The second-order valence-electron chi connectivity index (χ2n) is 6.46. The van der Waals surface area contributed by atoms with Crippen LogP contribution in [0.4, 0.5) is 13.2 Å². The zero-order valence-electron chi connectivity index (χ0n) is 13.4. The monoisotopic (exact) mass is 371 g/mol. The van der Waals surface area contributed by atoms with Crippen molar-refractivity contribution in [2.45, 2.75) is 18.9 Å². The minimum atomic E-state index is -4.76. The lowest BCUT2D eigenvalue weighted by atomic mass is 9.63. The van der Waals surface area contributed by atoms with Crippen LogP contribution in [-0.2, 0) is 5.60 Å². The quantitative estimate of drug-likeness (QED) is 0.850. The van der Waals surface area contributed by atoms with Crippen LogP contribution >= 0.6 is 11.6 Å². The van der Waals surface area contributed by atoms with Crippen LogP contribution in [0.2, 0.25) is 5.02 Å². The second-order valence-corrected chi connectivity index (χ2v) is 6.89. The van der Waals surface area contributed by atoms with Gasteiger partial charge in [-0.1, -0.05) is 42.8 Å². The van der Waals surface area contributed by atoms with E-state index in [0.717, 1.165) is 0 Å². The number of nitrogens with one attached hydrogen (secondary N) is 1. The SMILES string of the molecule is CC1([C@](O)(c2ccc(OC(F)(F)F)cc2)c2cccc(Cl)c2)CNC1. The van der Waals surface area contributed by atoms with E-state index in [2.05, 4.69) is 10.1 Å². The molecule has 3 rings (SSSR count). The Hall–Kier alpha value is -1.76. The molecule has 7 heteroatoms. The average Bonchev–Trinajstić information content (AvgIpc) is 2.51. The second kappa shape index (κ2) is 6.20. The number of ether oxygens (including phenoxy) is 1. The van der Waals surface area contributed by atoms with Gasteiger partial charge in [0.1, 0.15) is 11.4 Å². The van der Waals surface area contributed by atoms with Crippen molar-refractivity contribution in [2.75, 3.05) is 13.1 Å². The normalized spacial score (nSPS) is 19.0. The van der Waals surface area contributed by atoms with Crippen LogP contribution in [0.5, 0.6) is 5.75 Å². The molecule has 1 atom stereocenters. The highest BCUT2D eigenvalue weighted by atomic mass is 35.5. The van der Waals surface area contributed by atoms with Gasteiger partial charge in [-0.05, 0) is 35.4 Å². The van der Waals surface area contributed by atoms with Gasteiger partial charge in [0, 0.05) is 23.5 Å². The van der Waals surface area contributed by atoms with Crippen molar-refractivity contribution in [1.29, 1.82) is 0 Å². The number of benzene rings is 2. The molecule has 2 aromatic carbocycles. The largest absolute Gasteiger partial charge is 0.573 e. The Morgan fingerprint density at radius 2 is 1.72 bits per heavy atom. The van der Waals surface area contributed by atoms with Crippen LogP contribution in [-0.4, -0.2) is 24.6 Å². The summed E-state index contributed by atoms with van der Waals surface area (Å²) in [6.45, 7) is 3.05. The summed E-state index contributed by atoms with van der Waals surface area (Å²) in [6.07, 6.45) is -4.76. The number of halogens is 4. The fourth-order valence-corrected chi connectivity index (χ4v) is 3.42. The molecule has 0 aromatic heterocycles. The minimum Gasteiger partial charge on any atom is -0.406 e. The van der Waals surface area contributed by atoms with Crippen LogP contribution in [0.25, 0.3) is 0 Å². The summed E-state index contributed by atoms with van der Waals surface area (Å²) in [7, 11) is 0. The third kappa shape index (κ3) is 3.34. The molecule has 2 aromatic rings. The molecule has 1 saturated heterocycles. The van der Waals surface area contributed by atoms with Gasteiger partial charge in [0.25, 0.3) is 0 Å². The molecule has 1 heterocycles. The lowest BCUT2D eigenvalue weighted by Crippen LogP contribution is -2.63. The molecule has 1 fully saturated rings. The zero-order chi connectivity index (χ0) is 18.3. The topological polar surface area (TPSA) is 41.5 Å². The molecule has 0 amide bonds. The van der Waals surface area contributed by atoms with Crippen LogP contribution < -0.4 is 10.1 Å². The van der Waals surface area contributed by atoms with Gasteiger partial charge in [-0.15, -0.1) is 13.2 Å². The summed E-state index contributed by atoms with van der Waals surface area (Å²) in [5.41, 5.74) is -0.855. The number of hydrogen-bond donors (Lipinski definition) is 2. The number of alkyl halides is 3. The first-order valence-corrected chi connectivity index (χ1v) is 8.07. The van der Waals surface area contributed by atoms with Crippen molar-refractivity contribution in [3.63, 3.8) is 0 Å². The van der Waals surface area contributed by atoms with E-state index in [9.17, 15) is 18.3 Å². The Balaban J connectivity index is 2.04. The third-order valence-electron chi connectivity index (χ3n) is 4.65. The Kier molecular flexibility index (Phi) is 4.47. The van der Waals surface area contributed by atoms with E-state index in [4.69, 9.17) is 11.6 Å². The van der Waals surface area contributed by atoms with Crippen molar-refractivity contribution in [3.8, 4) is 5.75 Å². The standard InChI is InChI=1S/C18H17ClF3NO2/c1-16(10-23-11-16)17(24,13-3-2-4-14(19)9-13)12-5-7-15(8-6-12)25-18(20,21)22/h2-9,23-24H,10-11H2,1H3/t17-/m0/s1. The summed E-state index contributed by atoms with van der Waals surface area (Å²) in [5.74, 6) is -0.332. The van der Waals surface area contributed by atoms with Crippen molar-refractivity contribution in [3.05, 3.63) is 64.7 Å². The van der Waals surface area contributed by atoms with Gasteiger partial charge in [-0.2, -0.15) is 0 Å². The van der Waals surface area contributed by atoms with E-state index >= 15 is 0 Å². The molecule has 0 radical (unpaired) electrons. The molecule has 1 aliphatic rings. The summed E-state index contributed by atoms with van der Waals surface area (Å²) in [6, 6.07) is 12.2. The van der Waals surface area contributed by atoms with Crippen LogP contribution in [0.3, 0.4) is 0 Å². The molecule has 3 nitrogen and oxygen atoms in total. The fraction of sp³-hybridized carbons (Fsp3) is 0.333. The maximum Gasteiger partial charge on any atom is 0.573 e. The average molecular weight is 372 g/mol. The van der Waals surface area contributed by atoms with Crippen molar-refractivity contribution >= 4 is 11.6 Å². The molecule has 0 unspecified atom stereocenters. The van der Waals surface area contributed by atoms with E-state index in [0.29, 0.717) is 29.2 Å². The lowest BCUT2D eigenvalue weighted by molar-refractivity contribution is -0.274. The van der Waals surface area contributed by atoms with Gasteiger partial charge in [0.15, 0.2) is 0 Å². The summed E-state index contributed by atoms with van der Waals surface area (Å²) >= 11 is 6.08. The highest BCUT2D eigenvalue weighted by Crippen LogP contribution is 2.48. The van der Waals surface area contributed by atoms with E-state index in [1.807, 2.05) is 6.92 Å². The highest BCUT2D eigenvalue weighted by molar-refractivity contribution is 6.30. The number of aliphatic hydroxyl groups is 1. The van der Waals surface area contributed by atoms with Gasteiger partial charge in [0.2, 0.25) is 0 Å². The maximum absolute atomic E-state index is 12.3. The predicted octanol–water partition coefficient (Wildman–Crippen LogP) is 4.08. The van der Waals surface area contributed by atoms with E-state index in [1.54, 1.807) is 24.3 Å². The molecule has 25 heavy (non-hydrogen) atoms. The lowest BCUT2D eigenvalue weighted by Gasteiger charge is -2.52. The van der Waals surface area contributed by atoms with Crippen LogP contribution in [0.1, 0.15) is 18.1 Å². The van der Waals surface area contributed by atoms with Crippen molar-refractivity contribution in [1.82, 2.24) is 5.32 Å². The third-order valence-corrected chi connectivity index (χ3v) is 4.89. The summed E-state index contributed by atoms with van der Waals surface area (Å²) < 4.78 is 40.9. The molecule has 134 valence electrons. The maximum atomic E-state index is 12.3. The smallest absolute Gasteiger partial charge is 0.406 e. The van der Waals surface area contributed by atoms with Gasteiger partial charge in [0.05, 0.1) is 0 Å².